The lowest BCUT2D eigenvalue weighted by Gasteiger charge is -2.11. The molecule has 4 aromatic rings. The van der Waals surface area contributed by atoms with Gasteiger partial charge in [0.15, 0.2) is 11.6 Å². The molecule has 1 heterocycles. The van der Waals surface area contributed by atoms with Crippen LogP contribution in [0.1, 0.15) is 22.8 Å². The summed E-state index contributed by atoms with van der Waals surface area (Å²) >= 11 is 0. The molecule has 0 bridgehead atoms. The van der Waals surface area contributed by atoms with Crippen LogP contribution in [0.2, 0.25) is 0 Å². The van der Waals surface area contributed by atoms with Gasteiger partial charge in [-0.05, 0) is 46.0 Å². The molecule has 5 rings (SSSR count). The molecule has 1 saturated heterocycles. The number of epoxide rings is 1. The zero-order valence-electron chi connectivity index (χ0n) is 18.2. The molecule has 0 amide bonds. The molecule has 34 heavy (non-hydrogen) atoms. The second kappa shape index (κ2) is 9.20. The Kier molecular flexibility index (Phi) is 5.95. The number of ether oxygens (including phenoxy) is 2. The number of hydrogen-bond acceptors (Lipinski definition) is 2. The molecule has 5 heteroatoms. The van der Waals surface area contributed by atoms with E-state index in [1.807, 2.05) is 30.3 Å². The molecule has 0 saturated carbocycles. The third-order valence-corrected chi connectivity index (χ3v) is 5.87. The molecule has 1 unspecified atom stereocenters. The summed E-state index contributed by atoms with van der Waals surface area (Å²) in [6.07, 6.45) is 1.55. The van der Waals surface area contributed by atoms with Crippen molar-refractivity contribution < 1.29 is 22.6 Å². The highest BCUT2D eigenvalue weighted by atomic mass is 19.2. The summed E-state index contributed by atoms with van der Waals surface area (Å²) in [5.41, 5.74) is 4.56. The highest BCUT2D eigenvalue weighted by molar-refractivity contribution is 5.67. The van der Waals surface area contributed by atoms with Crippen molar-refractivity contribution in [2.24, 2.45) is 0 Å². The average Bonchev–Trinajstić information content (AvgIpc) is 3.71. The van der Waals surface area contributed by atoms with E-state index in [1.54, 1.807) is 36.4 Å². The van der Waals surface area contributed by atoms with Crippen molar-refractivity contribution in [3.8, 4) is 28.0 Å². The zero-order chi connectivity index (χ0) is 23.7. The second-order valence-corrected chi connectivity index (χ2v) is 8.11. The van der Waals surface area contributed by atoms with Crippen LogP contribution in [-0.2, 0) is 11.3 Å². The first kappa shape index (κ1) is 22.0. The molecule has 0 spiro atoms. The summed E-state index contributed by atoms with van der Waals surface area (Å²) < 4.78 is 54.3. The normalized spacial score (nSPS) is 14.6. The number of hydrogen-bond donors (Lipinski definition) is 0. The molecule has 0 aromatic heterocycles. The zero-order valence-corrected chi connectivity index (χ0v) is 18.2. The SMILES string of the molecule is C=Cc1ccc(-c2ccc(OCc3ccc(-c4ccc(C5CO5)c(F)c4)cc3)c(F)c2F)cc1. The number of benzene rings is 4. The predicted octanol–water partition coefficient (Wildman–Crippen LogP) is 7.73. The van der Waals surface area contributed by atoms with Gasteiger partial charge in [-0.25, -0.2) is 8.78 Å². The summed E-state index contributed by atoms with van der Waals surface area (Å²) in [5, 5.41) is 0. The maximum absolute atomic E-state index is 14.7. The fourth-order valence-electron chi connectivity index (χ4n) is 3.81. The third kappa shape index (κ3) is 4.47. The van der Waals surface area contributed by atoms with Crippen LogP contribution in [0.3, 0.4) is 0 Å². The molecule has 0 radical (unpaired) electrons. The third-order valence-electron chi connectivity index (χ3n) is 5.87. The van der Waals surface area contributed by atoms with Gasteiger partial charge in [-0.3, -0.25) is 0 Å². The molecule has 1 aliphatic rings. The molecule has 1 aliphatic heterocycles. The minimum atomic E-state index is -1.03. The fraction of sp³-hybridized carbons (Fsp3) is 0.103. The topological polar surface area (TPSA) is 21.8 Å². The summed E-state index contributed by atoms with van der Waals surface area (Å²) in [5.74, 6) is -2.43. The Morgan fingerprint density at radius 1 is 0.824 bits per heavy atom. The lowest BCUT2D eigenvalue weighted by molar-refractivity contribution is 0.285. The first-order valence-electron chi connectivity index (χ1n) is 10.9. The summed E-state index contributed by atoms with van der Waals surface area (Å²) in [7, 11) is 0. The van der Waals surface area contributed by atoms with E-state index in [1.165, 1.54) is 18.2 Å². The van der Waals surface area contributed by atoms with Gasteiger partial charge in [0.05, 0.1) is 6.61 Å². The molecular formula is C29H21F3O2. The van der Waals surface area contributed by atoms with Crippen LogP contribution in [0.25, 0.3) is 28.3 Å². The molecule has 2 nitrogen and oxygen atoms in total. The average molecular weight is 458 g/mol. The number of halogens is 3. The quantitative estimate of drug-likeness (QED) is 0.264. The van der Waals surface area contributed by atoms with Crippen LogP contribution in [-0.4, -0.2) is 6.61 Å². The van der Waals surface area contributed by atoms with Crippen molar-refractivity contribution in [1.29, 1.82) is 0 Å². The van der Waals surface area contributed by atoms with E-state index in [0.29, 0.717) is 17.7 Å². The number of rotatable bonds is 7. The first-order valence-corrected chi connectivity index (χ1v) is 10.9. The van der Waals surface area contributed by atoms with Crippen molar-refractivity contribution in [3.05, 3.63) is 120 Å². The first-order chi connectivity index (χ1) is 16.5. The van der Waals surface area contributed by atoms with Gasteiger partial charge in [0.1, 0.15) is 18.5 Å². The Bertz CT molecular complexity index is 1340. The van der Waals surface area contributed by atoms with Crippen molar-refractivity contribution in [1.82, 2.24) is 0 Å². The van der Waals surface area contributed by atoms with Gasteiger partial charge in [-0.1, -0.05) is 73.3 Å². The van der Waals surface area contributed by atoms with E-state index < -0.39 is 11.6 Å². The van der Waals surface area contributed by atoms with Crippen LogP contribution in [0.4, 0.5) is 13.2 Å². The Balaban J connectivity index is 1.28. The van der Waals surface area contributed by atoms with Crippen LogP contribution in [0.5, 0.6) is 5.75 Å². The van der Waals surface area contributed by atoms with Crippen molar-refractivity contribution in [3.63, 3.8) is 0 Å². The maximum Gasteiger partial charge on any atom is 0.201 e. The summed E-state index contributed by atoms with van der Waals surface area (Å²) in [6, 6.07) is 22.4. The monoisotopic (exact) mass is 458 g/mol. The van der Waals surface area contributed by atoms with Crippen LogP contribution in [0, 0.1) is 17.5 Å². The Morgan fingerprint density at radius 2 is 1.50 bits per heavy atom. The fourth-order valence-corrected chi connectivity index (χ4v) is 3.81. The molecule has 0 N–H and O–H groups in total. The van der Waals surface area contributed by atoms with Gasteiger partial charge < -0.3 is 9.47 Å². The molecule has 1 atom stereocenters. The summed E-state index contributed by atoms with van der Waals surface area (Å²) in [6.45, 7) is 4.31. The van der Waals surface area contributed by atoms with E-state index in [9.17, 15) is 13.2 Å². The van der Waals surface area contributed by atoms with Gasteiger partial charge in [-0.2, -0.15) is 4.39 Å². The Labute approximate surface area is 195 Å². The van der Waals surface area contributed by atoms with Gasteiger partial charge in [-0.15, -0.1) is 0 Å². The van der Waals surface area contributed by atoms with Crippen molar-refractivity contribution in [2.45, 2.75) is 12.7 Å². The highest BCUT2D eigenvalue weighted by Crippen LogP contribution is 2.34. The lowest BCUT2D eigenvalue weighted by Crippen LogP contribution is -2.00. The Morgan fingerprint density at radius 3 is 2.15 bits per heavy atom. The predicted molar refractivity (Wildman–Crippen MR) is 127 cm³/mol. The molecule has 1 fully saturated rings. The van der Waals surface area contributed by atoms with Crippen LogP contribution < -0.4 is 4.74 Å². The van der Waals surface area contributed by atoms with Crippen LogP contribution in [0.15, 0.2) is 85.4 Å². The van der Waals surface area contributed by atoms with E-state index >= 15 is 0 Å². The standard InChI is InChI=1S/C29H21F3O2/c1-2-18-3-9-21(10-4-18)23-13-14-26(29(32)28(23)31)33-16-19-5-7-20(8-6-19)22-11-12-24(25(30)15-22)27-17-34-27/h2-15,27H,1,16-17H2. The van der Waals surface area contributed by atoms with Crippen molar-refractivity contribution in [2.75, 3.05) is 6.61 Å². The van der Waals surface area contributed by atoms with Crippen molar-refractivity contribution >= 4 is 6.08 Å². The maximum atomic E-state index is 14.7. The van der Waals surface area contributed by atoms with E-state index in [2.05, 4.69) is 6.58 Å². The minimum absolute atomic E-state index is 0.0658. The second-order valence-electron chi connectivity index (χ2n) is 8.11. The molecule has 170 valence electrons. The Hall–Kier alpha value is -3.83. The highest BCUT2D eigenvalue weighted by Gasteiger charge is 2.27. The minimum Gasteiger partial charge on any atom is -0.486 e. The van der Waals surface area contributed by atoms with E-state index in [-0.39, 0.29) is 29.8 Å². The molecule has 4 aromatic carbocycles. The van der Waals surface area contributed by atoms with Gasteiger partial charge in [0.25, 0.3) is 0 Å². The molecule has 0 aliphatic carbocycles. The van der Waals surface area contributed by atoms with Gasteiger partial charge >= 0.3 is 0 Å². The largest absolute Gasteiger partial charge is 0.486 e. The smallest absolute Gasteiger partial charge is 0.201 e. The van der Waals surface area contributed by atoms with Crippen LogP contribution >= 0.6 is 0 Å². The van der Waals surface area contributed by atoms with E-state index in [0.717, 1.165) is 22.3 Å². The summed E-state index contributed by atoms with van der Waals surface area (Å²) in [4.78, 5) is 0. The molecular weight excluding hydrogens is 437 g/mol. The van der Waals surface area contributed by atoms with Gasteiger partial charge in [0, 0.05) is 11.1 Å². The van der Waals surface area contributed by atoms with E-state index in [4.69, 9.17) is 9.47 Å². The van der Waals surface area contributed by atoms with Gasteiger partial charge in [0.2, 0.25) is 5.82 Å². The lowest BCUT2D eigenvalue weighted by atomic mass is 10.0.